The van der Waals surface area contributed by atoms with Crippen molar-refractivity contribution < 1.29 is 0 Å². The molecule has 1 aliphatic carbocycles. The third-order valence-electron chi connectivity index (χ3n) is 3.66. The summed E-state index contributed by atoms with van der Waals surface area (Å²) in [6.45, 7) is 11.2. The van der Waals surface area contributed by atoms with Crippen molar-refractivity contribution in [3.8, 4) is 0 Å². The average molecular weight is 264 g/mol. The van der Waals surface area contributed by atoms with E-state index in [-0.39, 0.29) is 0 Å². The first kappa shape index (κ1) is 16.4. The normalized spacial score (nSPS) is 25.7. The molecule has 0 aliphatic heterocycles. The summed E-state index contributed by atoms with van der Waals surface area (Å²) in [4.78, 5) is 9.76. The summed E-state index contributed by atoms with van der Waals surface area (Å²) in [7, 11) is 0. The molecule has 0 N–H and O–H groups in total. The molecular formula is C17H32N2. The first-order chi connectivity index (χ1) is 8.99. The first-order valence-corrected chi connectivity index (χ1v) is 8.04. The molecule has 0 heterocycles. The second-order valence-electron chi connectivity index (χ2n) is 6.84. The Bertz CT molecular complexity index is 302. The van der Waals surface area contributed by atoms with Crippen LogP contribution in [0.3, 0.4) is 0 Å². The molecule has 1 rings (SSSR count). The molecule has 19 heavy (non-hydrogen) atoms. The number of hydrogen-bond acceptors (Lipinski definition) is 2. The topological polar surface area (TPSA) is 24.7 Å². The molecule has 0 radical (unpaired) electrons. The van der Waals surface area contributed by atoms with Gasteiger partial charge in [-0.1, -0.05) is 40.5 Å². The smallest absolute Gasteiger partial charge is 0.0722 e. The van der Waals surface area contributed by atoms with Crippen LogP contribution in [0.15, 0.2) is 9.98 Å². The van der Waals surface area contributed by atoms with Crippen LogP contribution in [-0.2, 0) is 0 Å². The summed E-state index contributed by atoms with van der Waals surface area (Å²) in [5.74, 6) is 1.41. The Balaban J connectivity index is 2.59. The van der Waals surface area contributed by atoms with E-state index in [4.69, 9.17) is 9.98 Å². The van der Waals surface area contributed by atoms with Crippen molar-refractivity contribution in [1.82, 2.24) is 0 Å². The van der Waals surface area contributed by atoms with Crippen LogP contribution in [0, 0.1) is 11.8 Å². The maximum atomic E-state index is 4.96. The van der Waals surface area contributed by atoms with Gasteiger partial charge in [-0.15, -0.1) is 0 Å². The minimum atomic E-state index is 0.439. The van der Waals surface area contributed by atoms with Crippen molar-refractivity contribution in [2.24, 2.45) is 21.8 Å². The number of aliphatic imine (C=N–C) groups is 2. The van der Waals surface area contributed by atoms with Crippen LogP contribution in [0.5, 0.6) is 0 Å². The SMILES string of the molecule is CC(CC(C)C)=NC1CCCCC1N=CCC(C)C. The molecule has 110 valence electrons. The van der Waals surface area contributed by atoms with Gasteiger partial charge in [0.25, 0.3) is 0 Å². The van der Waals surface area contributed by atoms with Crippen LogP contribution in [0.25, 0.3) is 0 Å². The largest absolute Gasteiger partial charge is 0.292 e. The summed E-state index contributed by atoms with van der Waals surface area (Å²) in [6.07, 6.45) is 9.44. The minimum Gasteiger partial charge on any atom is -0.292 e. The van der Waals surface area contributed by atoms with Gasteiger partial charge in [0.2, 0.25) is 0 Å². The zero-order valence-electron chi connectivity index (χ0n) is 13.5. The van der Waals surface area contributed by atoms with E-state index in [9.17, 15) is 0 Å². The van der Waals surface area contributed by atoms with Gasteiger partial charge < -0.3 is 0 Å². The molecule has 2 heteroatoms. The molecule has 0 aromatic heterocycles. The Morgan fingerprint density at radius 1 is 1.05 bits per heavy atom. The van der Waals surface area contributed by atoms with Crippen molar-refractivity contribution >= 4 is 11.9 Å². The highest BCUT2D eigenvalue weighted by Gasteiger charge is 2.23. The maximum absolute atomic E-state index is 4.96. The van der Waals surface area contributed by atoms with Crippen molar-refractivity contribution in [2.75, 3.05) is 0 Å². The lowest BCUT2D eigenvalue weighted by molar-refractivity contribution is 0.387. The molecular weight excluding hydrogens is 232 g/mol. The lowest BCUT2D eigenvalue weighted by atomic mass is 9.90. The van der Waals surface area contributed by atoms with E-state index in [1.54, 1.807) is 0 Å². The van der Waals surface area contributed by atoms with Gasteiger partial charge in [0, 0.05) is 5.71 Å². The van der Waals surface area contributed by atoms with E-state index in [1.165, 1.54) is 31.4 Å². The fourth-order valence-electron chi connectivity index (χ4n) is 2.75. The van der Waals surface area contributed by atoms with Gasteiger partial charge in [0.05, 0.1) is 12.1 Å². The summed E-state index contributed by atoms with van der Waals surface area (Å²) in [6, 6.07) is 0.880. The lowest BCUT2D eigenvalue weighted by Gasteiger charge is -2.26. The molecule has 2 unspecified atom stereocenters. The van der Waals surface area contributed by atoms with E-state index in [0.29, 0.717) is 23.9 Å². The van der Waals surface area contributed by atoms with Crippen molar-refractivity contribution in [2.45, 2.75) is 85.2 Å². The zero-order chi connectivity index (χ0) is 14.3. The van der Waals surface area contributed by atoms with Gasteiger partial charge in [-0.2, -0.15) is 0 Å². The number of rotatable bonds is 6. The second-order valence-corrected chi connectivity index (χ2v) is 6.84. The molecule has 0 spiro atoms. The van der Waals surface area contributed by atoms with Crippen molar-refractivity contribution in [3.63, 3.8) is 0 Å². The fourth-order valence-corrected chi connectivity index (χ4v) is 2.75. The van der Waals surface area contributed by atoms with Crippen LogP contribution >= 0.6 is 0 Å². The Morgan fingerprint density at radius 3 is 2.26 bits per heavy atom. The fraction of sp³-hybridized carbons (Fsp3) is 0.882. The van der Waals surface area contributed by atoms with Gasteiger partial charge in [0.1, 0.15) is 0 Å². The third kappa shape index (κ3) is 6.89. The zero-order valence-corrected chi connectivity index (χ0v) is 13.5. The predicted octanol–water partition coefficient (Wildman–Crippen LogP) is 4.92. The summed E-state index contributed by atoms with van der Waals surface area (Å²) in [5.41, 5.74) is 1.31. The standard InChI is InChI=1S/C17H32N2/c1-13(2)10-11-18-16-8-6-7-9-17(16)19-15(5)12-14(3)4/h11,13-14,16-17H,6-10,12H2,1-5H3. The maximum Gasteiger partial charge on any atom is 0.0722 e. The Hall–Kier alpha value is -0.660. The van der Waals surface area contributed by atoms with Crippen LogP contribution in [0.2, 0.25) is 0 Å². The van der Waals surface area contributed by atoms with E-state index >= 15 is 0 Å². The Labute approximate surface area is 119 Å². The van der Waals surface area contributed by atoms with Crippen LogP contribution in [0.4, 0.5) is 0 Å². The van der Waals surface area contributed by atoms with Gasteiger partial charge >= 0.3 is 0 Å². The first-order valence-electron chi connectivity index (χ1n) is 8.04. The second kappa shape index (κ2) is 8.50. The molecule has 1 fully saturated rings. The molecule has 0 saturated heterocycles. The molecule has 2 nitrogen and oxygen atoms in total. The van der Waals surface area contributed by atoms with Crippen LogP contribution in [0.1, 0.15) is 73.1 Å². The number of hydrogen-bond donors (Lipinski definition) is 0. The molecule has 1 saturated carbocycles. The summed E-state index contributed by atoms with van der Waals surface area (Å²) < 4.78 is 0. The van der Waals surface area contributed by atoms with Gasteiger partial charge in [-0.3, -0.25) is 9.98 Å². The minimum absolute atomic E-state index is 0.439. The highest BCUT2D eigenvalue weighted by molar-refractivity contribution is 5.82. The highest BCUT2D eigenvalue weighted by atomic mass is 14.9. The predicted molar refractivity (Wildman–Crippen MR) is 86.6 cm³/mol. The Morgan fingerprint density at radius 2 is 1.68 bits per heavy atom. The lowest BCUT2D eigenvalue weighted by Crippen LogP contribution is -2.28. The van der Waals surface area contributed by atoms with E-state index in [2.05, 4.69) is 40.8 Å². The summed E-state index contributed by atoms with van der Waals surface area (Å²) in [5, 5.41) is 0. The van der Waals surface area contributed by atoms with Crippen molar-refractivity contribution in [3.05, 3.63) is 0 Å². The number of nitrogens with zero attached hydrogens (tertiary/aromatic N) is 2. The molecule has 0 aromatic rings. The van der Waals surface area contributed by atoms with Gasteiger partial charge in [-0.05, 0) is 50.7 Å². The third-order valence-corrected chi connectivity index (χ3v) is 3.66. The molecule has 2 atom stereocenters. The molecule has 1 aliphatic rings. The average Bonchev–Trinajstić information content (AvgIpc) is 2.29. The molecule has 0 bridgehead atoms. The van der Waals surface area contributed by atoms with Gasteiger partial charge in [-0.25, -0.2) is 0 Å². The molecule has 0 amide bonds. The highest BCUT2D eigenvalue weighted by Crippen LogP contribution is 2.24. The van der Waals surface area contributed by atoms with Gasteiger partial charge in [0.15, 0.2) is 0 Å². The van der Waals surface area contributed by atoms with Crippen molar-refractivity contribution in [1.29, 1.82) is 0 Å². The Kier molecular flexibility index (Phi) is 7.33. The van der Waals surface area contributed by atoms with E-state index < -0.39 is 0 Å². The van der Waals surface area contributed by atoms with E-state index in [1.807, 2.05) is 0 Å². The quantitative estimate of drug-likeness (QED) is 0.608. The molecule has 0 aromatic carbocycles. The monoisotopic (exact) mass is 264 g/mol. The van der Waals surface area contributed by atoms with Crippen LogP contribution in [-0.4, -0.2) is 24.0 Å². The van der Waals surface area contributed by atoms with Crippen LogP contribution < -0.4 is 0 Å². The van der Waals surface area contributed by atoms with E-state index in [0.717, 1.165) is 12.8 Å². The summed E-state index contributed by atoms with van der Waals surface area (Å²) >= 11 is 0.